The number of piperidine rings is 1. The molecule has 0 N–H and O–H groups in total. The molecule has 2 fully saturated rings. The van der Waals surface area contributed by atoms with Gasteiger partial charge in [-0.1, -0.05) is 29.3 Å². The van der Waals surface area contributed by atoms with E-state index in [1.54, 1.807) is 7.11 Å². The SMILES string of the molecule is COC[C@@]12CN(C)CC[C@]1(c1ccc(Cl)c(Cl)c1)C2. The van der Waals surface area contributed by atoms with Crippen molar-refractivity contribution in [1.29, 1.82) is 0 Å². The van der Waals surface area contributed by atoms with Crippen molar-refractivity contribution in [1.82, 2.24) is 4.90 Å². The average Bonchev–Trinajstić information content (AvgIpc) is 3.02. The lowest BCUT2D eigenvalue weighted by Gasteiger charge is -2.36. The van der Waals surface area contributed by atoms with E-state index >= 15 is 0 Å². The van der Waals surface area contributed by atoms with Gasteiger partial charge in [0.15, 0.2) is 0 Å². The topological polar surface area (TPSA) is 12.5 Å². The lowest BCUT2D eigenvalue weighted by Crippen LogP contribution is -2.41. The second-order valence-electron chi connectivity index (χ2n) is 6.09. The van der Waals surface area contributed by atoms with Crippen LogP contribution in [0.3, 0.4) is 0 Å². The van der Waals surface area contributed by atoms with Gasteiger partial charge in [0, 0.05) is 24.5 Å². The minimum atomic E-state index is 0.240. The molecule has 0 spiro atoms. The molecule has 1 aliphatic carbocycles. The van der Waals surface area contributed by atoms with Gasteiger partial charge in [-0.2, -0.15) is 0 Å². The van der Waals surface area contributed by atoms with Gasteiger partial charge in [-0.05, 0) is 44.1 Å². The average molecular weight is 300 g/mol. The third kappa shape index (κ3) is 2.01. The predicted octanol–water partition coefficient (Wildman–Crippen LogP) is 3.60. The molecule has 2 atom stereocenters. The highest BCUT2D eigenvalue weighted by atomic mass is 35.5. The Morgan fingerprint density at radius 2 is 2.11 bits per heavy atom. The van der Waals surface area contributed by atoms with Crippen LogP contribution in [-0.2, 0) is 10.2 Å². The number of halogens is 2. The molecule has 1 saturated heterocycles. The first kappa shape index (κ1) is 13.7. The zero-order valence-electron chi connectivity index (χ0n) is 11.4. The Hall–Kier alpha value is -0.280. The third-order valence-corrected chi connectivity index (χ3v) is 5.66. The Balaban J connectivity index is 1.96. The third-order valence-electron chi connectivity index (χ3n) is 4.92. The summed E-state index contributed by atoms with van der Waals surface area (Å²) >= 11 is 12.2. The molecule has 1 aliphatic heterocycles. The molecule has 104 valence electrons. The molecule has 0 radical (unpaired) electrons. The maximum absolute atomic E-state index is 6.19. The second-order valence-corrected chi connectivity index (χ2v) is 6.90. The highest BCUT2D eigenvalue weighted by molar-refractivity contribution is 6.42. The quantitative estimate of drug-likeness (QED) is 0.845. The van der Waals surface area contributed by atoms with Crippen molar-refractivity contribution in [3.8, 4) is 0 Å². The van der Waals surface area contributed by atoms with Crippen LogP contribution in [0.15, 0.2) is 18.2 Å². The number of hydrogen-bond acceptors (Lipinski definition) is 2. The van der Waals surface area contributed by atoms with E-state index in [4.69, 9.17) is 27.9 Å². The smallest absolute Gasteiger partial charge is 0.0595 e. The fraction of sp³-hybridized carbons (Fsp3) is 0.600. The predicted molar refractivity (Wildman–Crippen MR) is 79.2 cm³/mol. The molecule has 1 heterocycles. The number of methoxy groups -OCH3 is 1. The van der Waals surface area contributed by atoms with Crippen molar-refractivity contribution < 1.29 is 4.74 Å². The van der Waals surface area contributed by atoms with Gasteiger partial charge >= 0.3 is 0 Å². The van der Waals surface area contributed by atoms with Crippen LogP contribution in [0, 0.1) is 5.41 Å². The Morgan fingerprint density at radius 3 is 2.79 bits per heavy atom. The summed E-state index contributed by atoms with van der Waals surface area (Å²) in [6, 6.07) is 6.10. The molecular weight excluding hydrogens is 281 g/mol. The standard InChI is InChI=1S/C15H19Cl2NO/c1-18-6-5-15(8-14(15,9-18)10-19-2)11-3-4-12(16)13(17)7-11/h3-4,7H,5-6,8-10H2,1-2H3/t14-,15-/m1/s1. The van der Waals surface area contributed by atoms with E-state index in [2.05, 4.69) is 18.0 Å². The maximum atomic E-state index is 6.19. The first-order valence-corrected chi connectivity index (χ1v) is 7.42. The van der Waals surface area contributed by atoms with Crippen molar-refractivity contribution in [2.45, 2.75) is 18.3 Å². The number of likely N-dealkylation sites (tertiary alicyclic amines) is 1. The van der Waals surface area contributed by atoms with Gasteiger partial charge in [-0.3, -0.25) is 0 Å². The van der Waals surface area contributed by atoms with Crippen LogP contribution in [0.4, 0.5) is 0 Å². The molecule has 2 nitrogen and oxygen atoms in total. The molecule has 1 saturated carbocycles. The Morgan fingerprint density at radius 1 is 1.32 bits per heavy atom. The lowest BCUT2D eigenvalue weighted by atomic mass is 9.81. The number of rotatable bonds is 3. The number of hydrogen-bond donors (Lipinski definition) is 0. The molecular formula is C15H19Cl2NO. The van der Waals surface area contributed by atoms with Crippen molar-refractivity contribution in [2.75, 3.05) is 33.9 Å². The molecule has 0 amide bonds. The normalized spacial score (nSPS) is 34.1. The summed E-state index contributed by atoms with van der Waals surface area (Å²) in [5.41, 5.74) is 1.82. The van der Waals surface area contributed by atoms with Crippen LogP contribution < -0.4 is 0 Å². The highest BCUT2D eigenvalue weighted by Gasteiger charge is 2.69. The summed E-state index contributed by atoms with van der Waals surface area (Å²) < 4.78 is 5.49. The van der Waals surface area contributed by atoms with E-state index in [0.717, 1.165) is 19.7 Å². The summed E-state index contributed by atoms with van der Waals surface area (Å²) in [4.78, 5) is 2.40. The van der Waals surface area contributed by atoms with Gasteiger partial charge in [0.2, 0.25) is 0 Å². The molecule has 19 heavy (non-hydrogen) atoms. The molecule has 1 aromatic carbocycles. The van der Waals surface area contributed by atoms with Crippen molar-refractivity contribution in [2.24, 2.45) is 5.41 Å². The van der Waals surface area contributed by atoms with Gasteiger partial charge in [-0.15, -0.1) is 0 Å². The van der Waals surface area contributed by atoms with E-state index < -0.39 is 0 Å². The van der Waals surface area contributed by atoms with Crippen LogP contribution in [-0.4, -0.2) is 38.8 Å². The fourth-order valence-corrected chi connectivity index (χ4v) is 4.23. The van der Waals surface area contributed by atoms with Crippen LogP contribution in [0.5, 0.6) is 0 Å². The van der Waals surface area contributed by atoms with E-state index in [1.165, 1.54) is 18.4 Å². The Labute approximate surface area is 124 Å². The van der Waals surface area contributed by atoms with Gasteiger partial charge in [0.25, 0.3) is 0 Å². The van der Waals surface area contributed by atoms with Gasteiger partial charge < -0.3 is 9.64 Å². The van der Waals surface area contributed by atoms with E-state index in [-0.39, 0.29) is 10.8 Å². The summed E-state index contributed by atoms with van der Waals surface area (Å²) in [5, 5.41) is 1.29. The fourth-order valence-electron chi connectivity index (χ4n) is 3.93. The van der Waals surface area contributed by atoms with Gasteiger partial charge in [0.1, 0.15) is 0 Å². The molecule has 1 aromatic rings. The molecule has 0 bridgehead atoms. The number of nitrogens with zero attached hydrogens (tertiary/aromatic N) is 1. The van der Waals surface area contributed by atoms with Crippen molar-refractivity contribution in [3.05, 3.63) is 33.8 Å². The first-order valence-electron chi connectivity index (χ1n) is 6.66. The number of benzene rings is 1. The largest absolute Gasteiger partial charge is 0.384 e. The van der Waals surface area contributed by atoms with Crippen molar-refractivity contribution in [3.63, 3.8) is 0 Å². The first-order chi connectivity index (χ1) is 9.03. The molecule has 2 aliphatic rings. The minimum Gasteiger partial charge on any atom is -0.384 e. The molecule has 4 heteroatoms. The molecule has 3 rings (SSSR count). The Bertz CT molecular complexity index is 507. The molecule has 0 unspecified atom stereocenters. The lowest BCUT2D eigenvalue weighted by molar-refractivity contribution is 0.0785. The second kappa shape index (κ2) is 4.63. The van der Waals surface area contributed by atoms with Crippen molar-refractivity contribution >= 4 is 23.2 Å². The summed E-state index contributed by atoms with van der Waals surface area (Å²) in [7, 11) is 3.98. The zero-order chi connectivity index (χ0) is 13.7. The van der Waals surface area contributed by atoms with Crippen LogP contribution in [0.25, 0.3) is 0 Å². The minimum absolute atomic E-state index is 0.240. The number of ether oxygens (including phenoxy) is 1. The van der Waals surface area contributed by atoms with Gasteiger partial charge in [-0.25, -0.2) is 0 Å². The maximum Gasteiger partial charge on any atom is 0.0595 e. The summed E-state index contributed by atoms with van der Waals surface area (Å²) in [6.07, 6.45) is 2.36. The summed E-state index contributed by atoms with van der Waals surface area (Å²) in [5.74, 6) is 0. The summed E-state index contributed by atoms with van der Waals surface area (Å²) in [6.45, 7) is 3.05. The zero-order valence-corrected chi connectivity index (χ0v) is 12.9. The number of fused-ring (bicyclic) bond motifs is 1. The van der Waals surface area contributed by atoms with Gasteiger partial charge in [0.05, 0.1) is 16.7 Å². The molecule has 0 aromatic heterocycles. The van der Waals surface area contributed by atoms with Crippen LogP contribution in [0.1, 0.15) is 18.4 Å². The monoisotopic (exact) mass is 299 g/mol. The van der Waals surface area contributed by atoms with E-state index in [9.17, 15) is 0 Å². The highest BCUT2D eigenvalue weighted by Crippen LogP contribution is 2.68. The van der Waals surface area contributed by atoms with Crippen LogP contribution in [0.2, 0.25) is 10.0 Å². The van der Waals surface area contributed by atoms with E-state index in [0.29, 0.717) is 10.0 Å². The van der Waals surface area contributed by atoms with E-state index in [1.807, 2.05) is 12.1 Å². The van der Waals surface area contributed by atoms with Crippen LogP contribution >= 0.6 is 23.2 Å². The Kier molecular flexibility index (Phi) is 3.33.